The topological polar surface area (TPSA) is 32.3 Å². The molecular formula is C15H24N2O. The van der Waals surface area contributed by atoms with Crippen molar-refractivity contribution in [3.05, 3.63) is 11.6 Å². The van der Waals surface area contributed by atoms with Gasteiger partial charge in [0.1, 0.15) is 0 Å². The van der Waals surface area contributed by atoms with Gasteiger partial charge in [0.2, 0.25) is 5.91 Å². The van der Waals surface area contributed by atoms with E-state index >= 15 is 0 Å². The van der Waals surface area contributed by atoms with Crippen molar-refractivity contribution < 1.29 is 4.79 Å². The highest BCUT2D eigenvalue weighted by atomic mass is 16.2. The lowest BCUT2D eigenvalue weighted by Gasteiger charge is -2.24. The number of hydrogen-bond donors (Lipinski definition) is 1. The molecule has 2 saturated heterocycles. The van der Waals surface area contributed by atoms with Gasteiger partial charge in [0, 0.05) is 25.6 Å². The zero-order chi connectivity index (χ0) is 12.4. The molecule has 1 N–H and O–H groups in total. The van der Waals surface area contributed by atoms with Crippen molar-refractivity contribution in [3.8, 4) is 0 Å². The molecule has 2 atom stereocenters. The van der Waals surface area contributed by atoms with Crippen molar-refractivity contribution in [2.24, 2.45) is 5.92 Å². The van der Waals surface area contributed by atoms with Gasteiger partial charge in [-0.15, -0.1) is 0 Å². The highest BCUT2D eigenvalue weighted by Crippen LogP contribution is 2.27. The molecule has 0 aromatic rings. The summed E-state index contributed by atoms with van der Waals surface area (Å²) in [5, 5.41) is 3.56. The number of piperidine rings is 1. The van der Waals surface area contributed by atoms with E-state index in [9.17, 15) is 4.79 Å². The van der Waals surface area contributed by atoms with Crippen LogP contribution in [0.1, 0.15) is 44.9 Å². The molecule has 3 rings (SSSR count). The van der Waals surface area contributed by atoms with Crippen LogP contribution in [0.5, 0.6) is 0 Å². The van der Waals surface area contributed by atoms with Crippen LogP contribution in [0.4, 0.5) is 0 Å². The molecular weight excluding hydrogens is 224 g/mol. The van der Waals surface area contributed by atoms with Crippen LogP contribution in [0.3, 0.4) is 0 Å². The Hall–Kier alpha value is -0.830. The van der Waals surface area contributed by atoms with Crippen LogP contribution in [0, 0.1) is 5.92 Å². The monoisotopic (exact) mass is 248 g/mol. The third kappa shape index (κ3) is 2.61. The minimum absolute atomic E-state index is 0.361. The summed E-state index contributed by atoms with van der Waals surface area (Å²) in [7, 11) is 0. The number of carbonyl (C=O) groups is 1. The van der Waals surface area contributed by atoms with Gasteiger partial charge in [-0.05, 0) is 51.0 Å². The largest absolute Gasteiger partial charge is 0.341 e. The smallest absolute Gasteiger partial charge is 0.226 e. The van der Waals surface area contributed by atoms with Crippen molar-refractivity contribution in [2.75, 3.05) is 19.6 Å². The minimum Gasteiger partial charge on any atom is -0.341 e. The maximum absolute atomic E-state index is 12.3. The summed E-state index contributed by atoms with van der Waals surface area (Å²) in [5.41, 5.74) is 1.38. The van der Waals surface area contributed by atoms with Crippen LogP contribution >= 0.6 is 0 Å². The molecule has 100 valence electrons. The van der Waals surface area contributed by atoms with Gasteiger partial charge in [0.15, 0.2) is 0 Å². The standard InChI is InChI=1S/C15H24N2O/c18-15(9-12-5-2-1-3-6-12)17-10-13-7-4-8-16-14(13)11-17/h5,13-14,16H,1-4,6-11H2. The molecule has 18 heavy (non-hydrogen) atoms. The molecule has 0 spiro atoms. The van der Waals surface area contributed by atoms with Crippen LogP contribution in [0.25, 0.3) is 0 Å². The van der Waals surface area contributed by atoms with E-state index in [1.807, 2.05) is 0 Å². The summed E-state index contributed by atoms with van der Waals surface area (Å²) >= 11 is 0. The lowest BCUT2D eigenvalue weighted by Crippen LogP contribution is -2.41. The number of amides is 1. The molecule has 0 saturated carbocycles. The Labute approximate surface area is 110 Å². The Morgan fingerprint density at radius 3 is 3.06 bits per heavy atom. The first kappa shape index (κ1) is 12.2. The molecule has 3 heteroatoms. The average molecular weight is 248 g/mol. The van der Waals surface area contributed by atoms with Gasteiger partial charge in [-0.3, -0.25) is 4.79 Å². The van der Waals surface area contributed by atoms with Gasteiger partial charge in [-0.25, -0.2) is 0 Å². The van der Waals surface area contributed by atoms with E-state index in [2.05, 4.69) is 16.3 Å². The number of hydrogen-bond acceptors (Lipinski definition) is 2. The molecule has 0 aromatic heterocycles. The maximum atomic E-state index is 12.3. The van der Waals surface area contributed by atoms with E-state index < -0.39 is 0 Å². The summed E-state index contributed by atoms with van der Waals surface area (Å²) < 4.78 is 0. The van der Waals surface area contributed by atoms with E-state index in [1.54, 1.807) is 0 Å². The quantitative estimate of drug-likeness (QED) is 0.759. The van der Waals surface area contributed by atoms with Crippen LogP contribution in [0.15, 0.2) is 11.6 Å². The zero-order valence-electron chi connectivity index (χ0n) is 11.2. The normalized spacial score (nSPS) is 32.0. The molecule has 0 aromatic carbocycles. The summed E-state index contributed by atoms with van der Waals surface area (Å²) in [6, 6.07) is 0.572. The number of fused-ring (bicyclic) bond motifs is 1. The number of rotatable bonds is 2. The van der Waals surface area contributed by atoms with Crippen LogP contribution in [-0.2, 0) is 4.79 Å². The Balaban J connectivity index is 1.55. The predicted octanol–water partition coefficient (Wildman–Crippen LogP) is 2.09. The average Bonchev–Trinajstić information content (AvgIpc) is 2.84. The number of allylic oxidation sites excluding steroid dienone is 1. The van der Waals surface area contributed by atoms with E-state index in [0.29, 0.717) is 24.3 Å². The molecule has 0 bridgehead atoms. The Morgan fingerprint density at radius 1 is 1.33 bits per heavy atom. The summed E-state index contributed by atoms with van der Waals surface area (Å²) in [6.07, 6.45) is 10.4. The lowest BCUT2D eigenvalue weighted by atomic mass is 9.94. The fraction of sp³-hybridized carbons (Fsp3) is 0.800. The molecule has 2 aliphatic heterocycles. The zero-order valence-corrected chi connectivity index (χ0v) is 11.2. The van der Waals surface area contributed by atoms with Crippen molar-refractivity contribution in [2.45, 2.75) is 51.0 Å². The summed E-state index contributed by atoms with van der Waals surface area (Å²) in [6.45, 7) is 3.06. The second kappa shape index (κ2) is 5.43. The predicted molar refractivity (Wildman–Crippen MR) is 72.3 cm³/mol. The SMILES string of the molecule is O=C(CC1=CCCCC1)N1CC2CCCNC2C1. The lowest BCUT2D eigenvalue weighted by molar-refractivity contribution is -0.129. The van der Waals surface area contributed by atoms with Crippen molar-refractivity contribution >= 4 is 5.91 Å². The highest BCUT2D eigenvalue weighted by molar-refractivity contribution is 5.79. The molecule has 2 fully saturated rings. The van der Waals surface area contributed by atoms with Crippen LogP contribution in [-0.4, -0.2) is 36.5 Å². The van der Waals surface area contributed by atoms with E-state index in [1.165, 1.54) is 37.7 Å². The fourth-order valence-corrected chi connectivity index (χ4v) is 3.62. The molecule has 1 amide bonds. The number of nitrogens with zero attached hydrogens (tertiary/aromatic N) is 1. The number of likely N-dealkylation sites (tertiary alicyclic amines) is 1. The van der Waals surface area contributed by atoms with E-state index in [-0.39, 0.29) is 0 Å². The number of nitrogens with one attached hydrogen (secondary N) is 1. The third-order valence-corrected chi connectivity index (χ3v) is 4.72. The molecule has 3 aliphatic rings. The maximum Gasteiger partial charge on any atom is 0.226 e. The second-order valence-corrected chi connectivity index (χ2v) is 6.05. The van der Waals surface area contributed by atoms with Crippen molar-refractivity contribution in [1.82, 2.24) is 10.2 Å². The fourth-order valence-electron chi connectivity index (χ4n) is 3.62. The Bertz CT molecular complexity index is 336. The van der Waals surface area contributed by atoms with Crippen molar-refractivity contribution in [3.63, 3.8) is 0 Å². The highest BCUT2D eigenvalue weighted by Gasteiger charge is 2.36. The first-order valence-electron chi connectivity index (χ1n) is 7.52. The molecule has 0 radical (unpaired) electrons. The van der Waals surface area contributed by atoms with E-state index in [4.69, 9.17) is 0 Å². The van der Waals surface area contributed by atoms with Gasteiger partial charge >= 0.3 is 0 Å². The van der Waals surface area contributed by atoms with Crippen LogP contribution in [0.2, 0.25) is 0 Å². The third-order valence-electron chi connectivity index (χ3n) is 4.72. The molecule has 1 aliphatic carbocycles. The number of carbonyl (C=O) groups excluding carboxylic acids is 1. The Morgan fingerprint density at radius 2 is 2.28 bits per heavy atom. The molecule has 2 unspecified atom stereocenters. The van der Waals surface area contributed by atoms with Gasteiger partial charge in [0.25, 0.3) is 0 Å². The van der Waals surface area contributed by atoms with Crippen molar-refractivity contribution in [1.29, 1.82) is 0 Å². The minimum atomic E-state index is 0.361. The van der Waals surface area contributed by atoms with Gasteiger partial charge in [-0.2, -0.15) is 0 Å². The first-order valence-corrected chi connectivity index (χ1v) is 7.52. The molecule has 3 nitrogen and oxygen atoms in total. The van der Waals surface area contributed by atoms with Gasteiger partial charge in [-0.1, -0.05) is 11.6 Å². The summed E-state index contributed by atoms with van der Waals surface area (Å²) in [4.78, 5) is 14.4. The van der Waals surface area contributed by atoms with Crippen LogP contribution < -0.4 is 5.32 Å². The van der Waals surface area contributed by atoms with E-state index in [0.717, 1.165) is 26.1 Å². The molecule has 2 heterocycles. The first-order chi connectivity index (χ1) is 8.83. The second-order valence-electron chi connectivity index (χ2n) is 6.05. The van der Waals surface area contributed by atoms with Gasteiger partial charge < -0.3 is 10.2 Å². The summed E-state index contributed by atoms with van der Waals surface area (Å²) in [5.74, 6) is 1.07. The Kier molecular flexibility index (Phi) is 3.69. The van der Waals surface area contributed by atoms with Gasteiger partial charge in [0.05, 0.1) is 0 Å².